The molecule has 168 valence electrons. The number of fused-ring (bicyclic) bond motifs is 1. The van der Waals surface area contributed by atoms with Gasteiger partial charge in [0.05, 0.1) is 17.0 Å². The Morgan fingerprint density at radius 1 is 0.938 bits per heavy atom. The van der Waals surface area contributed by atoms with Crippen molar-refractivity contribution in [3.8, 4) is 23.3 Å². The summed E-state index contributed by atoms with van der Waals surface area (Å²) in [5.74, 6) is -0.0710. The third-order valence-corrected chi connectivity index (χ3v) is 6.21. The molecular weight excluding hydrogens is 456 g/mol. The van der Waals surface area contributed by atoms with Crippen LogP contribution in [0.1, 0.15) is 36.5 Å². The summed E-state index contributed by atoms with van der Waals surface area (Å²) in [4.78, 5) is 39.4. The number of ether oxygens (including phenoxy) is 2. The predicted molar refractivity (Wildman–Crippen MR) is 119 cm³/mol. The van der Waals surface area contributed by atoms with Gasteiger partial charge in [0.1, 0.15) is 0 Å². The SMILES string of the molecule is CCSc1nc(O)c(C(c2ccc3c(c2)OCO3)c2c(O)nc(SCC)[nH]c2=O)c(=O)[nH]1. The molecule has 0 aliphatic carbocycles. The maximum atomic E-state index is 13.0. The second-order valence-corrected chi connectivity index (χ2v) is 9.13. The molecule has 1 aliphatic rings. The zero-order valence-corrected chi connectivity index (χ0v) is 18.8. The minimum Gasteiger partial charge on any atom is -0.493 e. The summed E-state index contributed by atoms with van der Waals surface area (Å²) in [6, 6.07) is 4.85. The fraction of sp³-hybridized carbons (Fsp3) is 0.300. The van der Waals surface area contributed by atoms with Gasteiger partial charge in [-0.05, 0) is 29.2 Å². The standard InChI is InChI=1S/C20H20N4O6S2/c1-3-31-19-21-15(25)13(16(26)22-19)12(9-5-6-10-11(7-9)30-8-29-10)14-17(27)23-20(32-4-2)24-18(14)28/h5-7,12H,3-4,8H2,1-2H3,(H2,21,22,25,26)(H2,23,24,27,28). The van der Waals surface area contributed by atoms with Gasteiger partial charge in [0.25, 0.3) is 11.1 Å². The van der Waals surface area contributed by atoms with Crippen molar-refractivity contribution in [1.82, 2.24) is 19.9 Å². The fourth-order valence-corrected chi connectivity index (χ4v) is 4.58. The first-order valence-electron chi connectivity index (χ1n) is 9.74. The molecular formula is C20H20N4O6S2. The number of hydrogen-bond donors (Lipinski definition) is 4. The third-order valence-electron chi connectivity index (χ3n) is 4.70. The summed E-state index contributed by atoms with van der Waals surface area (Å²) in [5.41, 5.74) is -1.25. The maximum absolute atomic E-state index is 13.0. The van der Waals surface area contributed by atoms with Crippen molar-refractivity contribution in [3.63, 3.8) is 0 Å². The van der Waals surface area contributed by atoms with Crippen LogP contribution in [-0.4, -0.2) is 48.4 Å². The zero-order chi connectivity index (χ0) is 22.8. The third kappa shape index (κ3) is 4.15. The van der Waals surface area contributed by atoms with Crippen LogP contribution in [0.4, 0.5) is 0 Å². The topological polar surface area (TPSA) is 150 Å². The fourth-order valence-electron chi connectivity index (χ4n) is 3.40. The average molecular weight is 477 g/mol. The Kier molecular flexibility index (Phi) is 6.33. The molecule has 12 heteroatoms. The number of nitrogens with zero attached hydrogens (tertiary/aromatic N) is 2. The van der Waals surface area contributed by atoms with E-state index in [2.05, 4.69) is 19.9 Å². The molecule has 3 aromatic rings. The van der Waals surface area contributed by atoms with E-state index < -0.39 is 28.8 Å². The van der Waals surface area contributed by atoms with Gasteiger partial charge in [0.2, 0.25) is 18.6 Å². The highest BCUT2D eigenvalue weighted by Crippen LogP contribution is 2.41. The lowest BCUT2D eigenvalue weighted by molar-refractivity contribution is 0.174. The van der Waals surface area contributed by atoms with Crippen molar-refractivity contribution in [3.05, 3.63) is 55.6 Å². The largest absolute Gasteiger partial charge is 0.493 e. The van der Waals surface area contributed by atoms with Gasteiger partial charge in [0.15, 0.2) is 21.8 Å². The van der Waals surface area contributed by atoms with E-state index in [-0.39, 0.29) is 28.2 Å². The molecule has 10 nitrogen and oxygen atoms in total. The van der Waals surface area contributed by atoms with E-state index in [0.29, 0.717) is 28.6 Å². The van der Waals surface area contributed by atoms with Crippen LogP contribution >= 0.6 is 23.5 Å². The van der Waals surface area contributed by atoms with Gasteiger partial charge in [0, 0.05) is 0 Å². The second-order valence-electron chi connectivity index (χ2n) is 6.63. The Hall–Kier alpha value is -3.12. The molecule has 0 spiro atoms. The quantitative estimate of drug-likeness (QED) is 0.296. The lowest BCUT2D eigenvalue weighted by atomic mass is 9.86. The van der Waals surface area contributed by atoms with Crippen molar-refractivity contribution in [1.29, 1.82) is 0 Å². The Labute approximate surface area is 190 Å². The molecule has 0 atom stereocenters. The Balaban J connectivity index is 1.96. The Morgan fingerprint density at radius 2 is 1.47 bits per heavy atom. The Bertz CT molecular complexity index is 1210. The first-order chi connectivity index (χ1) is 15.4. The van der Waals surface area contributed by atoms with Gasteiger partial charge in [-0.15, -0.1) is 0 Å². The minimum atomic E-state index is -1.17. The monoisotopic (exact) mass is 476 g/mol. The zero-order valence-electron chi connectivity index (χ0n) is 17.2. The molecule has 4 rings (SSSR count). The van der Waals surface area contributed by atoms with Crippen molar-refractivity contribution < 1.29 is 19.7 Å². The van der Waals surface area contributed by atoms with Crippen LogP contribution in [0, 0.1) is 0 Å². The number of H-pyrrole nitrogens is 2. The van der Waals surface area contributed by atoms with Crippen molar-refractivity contribution in [2.45, 2.75) is 30.1 Å². The average Bonchev–Trinajstić information content (AvgIpc) is 3.20. The van der Waals surface area contributed by atoms with Crippen LogP contribution in [0.2, 0.25) is 0 Å². The highest BCUT2D eigenvalue weighted by Gasteiger charge is 2.32. The van der Waals surface area contributed by atoms with Crippen molar-refractivity contribution >= 4 is 23.5 Å². The molecule has 1 aromatic carbocycles. The molecule has 0 unspecified atom stereocenters. The minimum absolute atomic E-state index is 0.0378. The summed E-state index contributed by atoms with van der Waals surface area (Å²) >= 11 is 2.50. The lowest BCUT2D eigenvalue weighted by Gasteiger charge is -2.19. The number of nitrogens with one attached hydrogen (secondary N) is 2. The second kappa shape index (κ2) is 9.17. The highest BCUT2D eigenvalue weighted by atomic mass is 32.2. The predicted octanol–water partition coefficient (Wildman–Crippen LogP) is 2.40. The number of aromatic nitrogens is 4. The van der Waals surface area contributed by atoms with Gasteiger partial charge in [-0.3, -0.25) is 9.59 Å². The summed E-state index contributed by atoms with van der Waals surface area (Å²) in [6.07, 6.45) is 0. The summed E-state index contributed by atoms with van der Waals surface area (Å²) in [5, 5.41) is 21.9. The van der Waals surface area contributed by atoms with Gasteiger partial charge in [-0.25, -0.2) is 0 Å². The van der Waals surface area contributed by atoms with Gasteiger partial charge >= 0.3 is 0 Å². The maximum Gasteiger partial charge on any atom is 0.259 e. The molecule has 4 N–H and O–H groups in total. The molecule has 0 amide bonds. The van der Waals surface area contributed by atoms with E-state index in [1.807, 2.05) is 13.8 Å². The first-order valence-corrected chi connectivity index (χ1v) is 11.7. The molecule has 0 bridgehead atoms. The molecule has 3 heterocycles. The summed E-state index contributed by atoms with van der Waals surface area (Å²) in [7, 11) is 0. The normalized spacial score (nSPS) is 12.5. The van der Waals surface area contributed by atoms with Crippen LogP contribution in [0.15, 0.2) is 38.1 Å². The van der Waals surface area contributed by atoms with Crippen LogP contribution < -0.4 is 20.6 Å². The van der Waals surface area contributed by atoms with Crippen LogP contribution in [0.5, 0.6) is 23.3 Å². The highest BCUT2D eigenvalue weighted by molar-refractivity contribution is 7.99. The van der Waals surface area contributed by atoms with E-state index in [4.69, 9.17) is 9.47 Å². The van der Waals surface area contributed by atoms with Crippen LogP contribution in [-0.2, 0) is 0 Å². The van der Waals surface area contributed by atoms with Gasteiger partial charge in [-0.2, -0.15) is 9.97 Å². The number of aromatic amines is 2. The van der Waals surface area contributed by atoms with Gasteiger partial charge in [-0.1, -0.05) is 43.4 Å². The molecule has 2 aromatic heterocycles. The van der Waals surface area contributed by atoms with E-state index in [1.54, 1.807) is 18.2 Å². The Morgan fingerprint density at radius 3 is 1.97 bits per heavy atom. The molecule has 0 fully saturated rings. The lowest BCUT2D eigenvalue weighted by Crippen LogP contribution is -2.26. The molecule has 1 aliphatic heterocycles. The molecule has 0 saturated heterocycles. The number of aromatic hydroxyl groups is 2. The molecule has 32 heavy (non-hydrogen) atoms. The van der Waals surface area contributed by atoms with E-state index in [9.17, 15) is 19.8 Å². The van der Waals surface area contributed by atoms with Crippen molar-refractivity contribution in [2.24, 2.45) is 0 Å². The first kappa shape index (κ1) is 22.1. The summed E-state index contributed by atoms with van der Waals surface area (Å²) < 4.78 is 10.8. The smallest absolute Gasteiger partial charge is 0.259 e. The van der Waals surface area contributed by atoms with E-state index in [0.717, 1.165) is 0 Å². The van der Waals surface area contributed by atoms with Crippen LogP contribution in [0.25, 0.3) is 0 Å². The number of benzene rings is 1. The number of rotatable bonds is 7. The number of hydrogen-bond acceptors (Lipinski definition) is 10. The number of thioether (sulfide) groups is 2. The summed E-state index contributed by atoms with van der Waals surface area (Å²) in [6.45, 7) is 3.80. The van der Waals surface area contributed by atoms with Crippen LogP contribution in [0.3, 0.4) is 0 Å². The molecule has 0 saturated carbocycles. The van der Waals surface area contributed by atoms with E-state index >= 15 is 0 Å². The van der Waals surface area contributed by atoms with Crippen molar-refractivity contribution in [2.75, 3.05) is 18.3 Å². The van der Waals surface area contributed by atoms with Gasteiger partial charge < -0.3 is 29.7 Å². The van der Waals surface area contributed by atoms with E-state index in [1.165, 1.54) is 23.5 Å². The molecule has 0 radical (unpaired) electrons.